The van der Waals surface area contributed by atoms with Gasteiger partial charge in [0.15, 0.2) is 0 Å². The summed E-state index contributed by atoms with van der Waals surface area (Å²) in [6.45, 7) is 0. The van der Waals surface area contributed by atoms with Crippen LogP contribution in [0, 0.1) is 0 Å². The van der Waals surface area contributed by atoms with Crippen molar-refractivity contribution < 1.29 is 4.42 Å². The van der Waals surface area contributed by atoms with Crippen LogP contribution >= 0.6 is 0 Å². The van der Waals surface area contributed by atoms with Crippen LogP contribution in [-0.4, -0.2) is 0 Å². The van der Waals surface area contributed by atoms with Crippen LogP contribution in [-0.2, 0) is 0 Å². The number of nitrogens with zero attached hydrogens (tertiary/aromatic N) is 1. The number of para-hydroxylation sites is 1. The highest BCUT2D eigenvalue weighted by Crippen LogP contribution is 2.46. The first-order valence-corrected chi connectivity index (χ1v) is 22.6. The summed E-state index contributed by atoms with van der Waals surface area (Å²) >= 11 is 0. The minimum absolute atomic E-state index is 0.883. The van der Waals surface area contributed by atoms with E-state index in [-0.39, 0.29) is 0 Å². The van der Waals surface area contributed by atoms with Gasteiger partial charge in [0, 0.05) is 27.7 Å². The molecule has 310 valence electrons. The number of rotatable bonds is 9. The molecule has 0 aliphatic heterocycles. The Balaban J connectivity index is 1.04. The highest BCUT2D eigenvalue weighted by molar-refractivity contribution is 6.12. The molecule has 0 aliphatic carbocycles. The normalized spacial score (nSPS) is 11.3. The average Bonchev–Trinajstić information content (AvgIpc) is 3.79. The minimum atomic E-state index is 0.883. The summed E-state index contributed by atoms with van der Waals surface area (Å²) in [6, 6.07) is 94.0. The van der Waals surface area contributed by atoms with Crippen molar-refractivity contribution in [1.29, 1.82) is 0 Å². The first-order chi connectivity index (χ1) is 32.7. The van der Waals surface area contributed by atoms with Gasteiger partial charge in [0.25, 0.3) is 0 Å². The molecule has 0 bridgehead atoms. The van der Waals surface area contributed by atoms with Crippen LogP contribution < -0.4 is 4.90 Å². The molecule has 0 spiro atoms. The molecule has 66 heavy (non-hydrogen) atoms. The van der Waals surface area contributed by atoms with E-state index in [4.69, 9.17) is 4.42 Å². The summed E-state index contributed by atoms with van der Waals surface area (Å²) in [5.74, 6) is 0. The highest BCUT2D eigenvalue weighted by atomic mass is 16.3. The van der Waals surface area contributed by atoms with Crippen molar-refractivity contribution in [3.63, 3.8) is 0 Å². The van der Waals surface area contributed by atoms with Gasteiger partial charge in [-0.05, 0) is 127 Å². The molecule has 12 aromatic rings. The monoisotopic (exact) mass is 841 g/mol. The maximum Gasteiger partial charge on any atom is 0.136 e. The number of hydrogen-bond acceptors (Lipinski definition) is 2. The number of furan rings is 1. The van der Waals surface area contributed by atoms with Gasteiger partial charge in [-0.1, -0.05) is 206 Å². The maximum absolute atomic E-state index is 6.38. The van der Waals surface area contributed by atoms with Gasteiger partial charge in [-0.25, -0.2) is 0 Å². The molecule has 2 nitrogen and oxygen atoms in total. The Bertz CT molecular complexity index is 3680. The van der Waals surface area contributed by atoms with E-state index in [1.54, 1.807) is 0 Å². The Hall–Kier alpha value is -8.72. The van der Waals surface area contributed by atoms with E-state index in [1.807, 2.05) is 6.07 Å². The van der Waals surface area contributed by atoms with Gasteiger partial charge in [-0.3, -0.25) is 0 Å². The lowest BCUT2D eigenvalue weighted by Crippen LogP contribution is -2.11. The highest BCUT2D eigenvalue weighted by Gasteiger charge is 2.21. The van der Waals surface area contributed by atoms with E-state index < -0.39 is 0 Å². The standard InChI is InChI=1S/C64H43NO/c1-4-17-46(18-5-1)56-38-34-51(42-60(56)48-21-8-3-9-22-48)45-32-36-54(37-33-45)65(55-25-14-24-53(41-55)58-27-15-29-63-64(58)59-26-12-13-28-62(59)66-63)61-43-52(35-39-57(61)47-19-6-2-7-20-47)50-31-30-44-16-10-11-23-49(44)40-50/h1-43H. The van der Waals surface area contributed by atoms with Crippen molar-refractivity contribution in [1.82, 2.24) is 0 Å². The van der Waals surface area contributed by atoms with E-state index in [1.165, 1.54) is 38.6 Å². The predicted octanol–water partition coefficient (Wildman–Crippen LogP) is 18.2. The second-order valence-electron chi connectivity index (χ2n) is 16.9. The average molecular weight is 842 g/mol. The summed E-state index contributed by atoms with van der Waals surface area (Å²) in [5, 5.41) is 4.68. The van der Waals surface area contributed by atoms with E-state index in [9.17, 15) is 0 Å². The van der Waals surface area contributed by atoms with E-state index >= 15 is 0 Å². The predicted molar refractivity (Wildman–Crippen MR) is 279 cm³/mol. The third-order valence-corrected chi connectivity index (χ3v) is 12.9. The molecule has 12 rings (SSSR count). The quantitative estimate of drug-likeness (QED) is 0.144. The number of hydrogen-bond donors (Lipinski definition) is 0. The minimum Gasteiger partial charge on any atom is -0.456 e. The maximum atomic E-state index is 6.38. The van der Waals surface area contributed by atoms with Crippen molar-refractivity contribution in [2.75, 3.05) is 4.90 Å². The molecule has 0 N–H and O–H groups in total. The van der Waals surface area contributed by atoms with E-state index in [2.05, 4.69) is 260 Å². The van der Waals surface area contributed by atoms with Crippen LogP contribution in [0.25, 0.3) is 99.5 Å². The molecular formula is C64H43NO. The Morgan fingerprint density at radius 3 is 1.56 bits per heavy atom. The molecular weight excluding hydrogens is 799 g/mol. The zero-order valence-electron chi connectivity index (χ0n) is 36.2. The van der Waals surface area contributed by atoms with E-state index in [0.29, 0.717) is 0 Å². The van der Waals surface area contributed by atoms with Crippen LogP contribution in [0.2, 0.25) is 0 Å². The molecule has 0 unspecified atom stereocenters. The molecule has 1 aromatic heterocycles. The molecule has 0 radical (unpaired) electrons. The van der Waals surface area contributed by atoms with Gasteiger partial charge in [-0.2, -0.15) is 0 Å². The topological polar surface area (TPSA) is 16.4 Å². The van der Waals surface area contributed by atoms with Crippen LogP contribution in [0.5, 0.6) is 0 Å². The molecule has 0 fully saturated rings. The van der Waals surface area contributed by atoms with Crippen molar-refractivity contribution in [3.8, 4) is 66.8 Å². The van der Waals surface area contributed by atoms with Gasteiger partial charge in [0.05, 0.1) is 5.69 Å². The fraction of sp³-hybridized carbons (Fsp3) is 0. The number of benzene rings is 11. The molecule has 0 amide bonds. The van der Waals surface area contributed by atoms with Crippen molar-refractivity contribution >= 4 is 49.8 Å². The lowest BCUT2D eigenvalue weighted by atomic mass is 9.91. The van der Waals surface area contributed by atoms with Crippen LogP contribution in [0.3, 0.4) is 0 Å². The first kappa shape index (κ1) is 38.9. The summed E-state index contributed by atoms with van der Waals surface area (Å²) in [5.41, 5.74) is 19.0. The largest absolute Gasteiger partial charge is 0.456 e. The first-order valence-electron chi connectivity index (χ1n) is 22.6. The Morgan fingerprint density at radius 1 is 0.258 bits per heavy atom. The van der Waals surface area contributed by atoms with Crippen LogP contribution in [0.15, 0.2) is 265 Å². The Kier molecular flexibility index (Phi) is 9.89. The fourth-order valence-corrected chi connectivity index (χ4v) is 9.63. The molecule has 2 heteroatoms. The van der Waals surface area contributed by atoms with Gasteiger partial charge in [-0.15, -0.1) is 0 Å². The van der Waals surface area contributed by atoms with Crippen molar-refractivity contribution in [2.45, 2.75) is 0 Å². The summed E-state index contributed by atoms with van der Waals surface area (Å²) in [6.07, 6.45) is 0. The zero-order valence-corrected chi connectivity index (χ0v) is 36.2. The van der Waals surface area contributed by atoms with E-state index in [0.717, 1.165) is 77.9 Å². The zero-order chi connectivity index (χ0) is 43.8. The SMILES string of the molecule is c1ccc(-c2ccc(-c3ccc(N(c4cccc(-c5cccc6oc7ccccc7c56)c4)c4cc(-c5ccc6ccccc6c5)ccc4-c4ccccc4)cc3)cc2-c2ccccc2)cc1. The van der Waals surface area contributed by atoms with Gasteiger partial charge < -0.3 is 9.32 Å². The number of anilines is 3. The van der Waals surface area contributed by atoms with Crippen molar-refractivity contribution in [2.24, 2.45) is 0 Å². The van der Waals surface area contributed by atoms with Crippen LogP contribution in [0.1, 0.15) is 0 Å². The molecule has 11 aromatic carbocycles. The second-order valence-corrected chi connectivity index (χ2v) is 16.9. The van der Waals surface area contributed by atoms with Gasteiger partial charge in [0.2, 0.25) is 0 Å². The molecule has 0 atom stereocenters. The third kappa shape index (κ3) is 7.21. The Labute approximate surface area is 384 Å². The lowest BCUT2D eigenvalue weighted by Gasteiger charge is -2.29. The lowest BCUT2D eigenvalue weighted by molar-refractivity contribution is 0.669. The Morgan fingerprint density at radius 2 is 0.803 bits per heavy atom. The molecule has 0 aliphatic rings. The summed E-state index contributed by atoms with van der Waals surface area (Å²) in [7, 11) is 0. The number of fused-ring (bicyclic) bond motifs is 4. The summed E-state index contributed by atoms with van der Waals surface area (Å²) in [4.78, 5) is 2.43. The summed E-state index contributed by atoms with van der Waals surface area (Å²) < 4.78 is 6.38. The third-order valence-electron chi connectivity index (χ3n) is 12.9. The van der Waals surface area contributed by atoms with Gasteiger partial charge >= 0.3 is 0 Å². The van der Waals surface area contributed by atoms with Gasteiger partial charge in [0.1, 0.15) is 11.2 Å². The molecule has 0 saturated heterocycles. The van der Waals surface area contributed by atoms with Crippen LogP contribution in [0.4, 0.5) is 17.1 Å². The van der Waals surface area contributed by atoms with Crippen molar-refractivity contribution in [3.05, 3.63) is 261 Å². The smallest absolute Gasteiger partial charge is 0.136 e. The molecule has 1 heterocycles. The fourth-order valence-electron chi connectivity index (χ4n) is 9.63. The molecule has 0 saturated carbocycles. The second kappa shape index (κ2) is 16.8.